The van der Waals surface area contributed by atoms with E-state index in [4.69, 9.17) is 11.8 Å². The van der Waals surface area contributed by atoms with Crippen LogP contribution < -0.4 is 10.4 Å². The van der Waals surface area contributed by atoms with Crippen LogP contribution in [0.25, 0.3) is 0 Å². The summed E-state index contributed by atoms with van der Waals surface area (Å²) in [6.45, 7) is 7.27. The fourth-order valence-corrected chi connectivity index (χ4v) is 0.365. The smallest absolute Gasteiger partial charge is 0.0161 e. The molecule has 0 aromatic heterocycles. The van der Waals surface area contributed by atoms with Crippen molar-refractivity contribution >= 4 is 11.8 Å². The van der Waals surface area contributed by atoms with E-state index < -0.39 is 0 Å². The molecule has 3 heteroatoms. The van der Waals surface area contributed by atoms with Crippen LogP contribution in [-0.4, -0.2) is 6.54 Å². The number of hydrogen-bond donors (Lipinski definition) is 2. The van der Waals surface area contributed by atoms with Gasteiger partial charge in [0.25, 0.3) is 0 Å². The average Bonchev–Trinajstić information content (AvgIpc) is 1.59. The highest BCUT2D eigenvalue weighted by molar-refractivity contribution is 6.13. The van der Waals surface area contributed by atoms with Crippen LogP contribution in [0, 0.1) is 5.41 Å². The Hall–Kier alpha value is 0.210. The molecule has 0 aromatic carbocycles. The van der Waals surface area contributed by atoms with Gasteiger partial charge in [-0.15, -0.1) is 0 Å². The van der Waals surface area contributed by atoms with Gasteiger partial charge in [-0.25, -0.2) is 5.43 Å². The van der Waals surface area contributed by atoms with Crippen LogP contribution in [0.3, 0.4) is 0 Å². The van der Waals surface area contributed by atoms with Gasteiger partial charge in [0.2, 0.25) is 0 Å². The van der Waals surface area contributed by atoms with E-state index in [9.17, 15) is 0 Å². The lowest BCUT2D eigenvalue weighted by atomic mass is 9.98. The number of hydrogen-bond acceptors (Lipinski definition) is 2. The highest BCUT2D eigenvalue weighted by atomic mass is 35.5. The molecule has 50 valence electrons. The molecule has 0 heterocycles. The quantitative estimate of drug-likeness (QED) is 0.442. The topological polar surface area (TPSA) is 24.1 Å². The van der Waals surface area contributed by atoms with Crippen molar-refractivity contribution < 1.29 is 0 Å². The lowest BCUT2D eigenvalue weighted by Gasteiger charge is -2.16. The Morgan fingerprint density at radius 2 is 1.88 bits per heavy atom. The van der Waals surface area contributed by atoms with Gasteiger partial charge in [0.1, 0.15) is 0 Å². The van der Waals surface area contributed by atoms with Gasteiger partial charge >= 0.3 is 0 Å². The molecule has 0 aliphatic heterocycles. The molecule has 0 bridgehead atoms. The Morgan fingerprint density at radius 1 is 1.38 bits per heavy atom. The average molecular weight is 137 g/mol. The van der Waals surface area contributed by atoms with Crippen molar-refractivity contribution in [2.24, 2.45) is 5.41 Å². The lowest BCUT2D eigenvalue weighted by Crippen LogP contribution is -2.32. The molecule has 0 aliphatic carbocycles. The summed E-state index contributed by atoms with van der Waals surface area (Å²) in [5.74, 6) is 0. The summed E-state index contributed by atoms with van der Waals surface area (Å²) in [6, 6.07) is 0. The van der Waals surface area contributed by atoms with Crippen molar-refractivity contribution in [1.29, 1.82) is 0 Å². The molecule has 0 rings (SSSR count). The van der Waals surface area contributed by atoms with Crippen LogP contribution in [0.15, 0.2) is 0 Å². The predicted octanol–water partition coefficient (Wildman–Crippen LogP) is 1.28. The maximum Gasteiger partial charge on any atom is 0.0161 e. The first-order valence-electron chi connectivity index (χ1n) is 2.65. The van der Waals surface area contributed by atoms with E-state index in [1.807, 2.05) is 0 Å². The van der Waals surface area contributed by atoms with E-state index in [0.29, 0.717) is 5.41 Å². The molecule has 0 aromatic rings. The highest BCUT2D eigenvalue weighted by Crippen LogP contribution is 2.09. The molecule has 0 fully saturated rings. The molecule has 0 radical (unpaired) electrons. The van der Waals surface area contributed by atoms with Gasteiger partial charge in [-0.2, -0.15) is 4.94 Å². The van der Waals surface area contributed by atoms with Gasteiger partial charge in [0.15, 0.2) is 0 Å². The normalized spacial score (nSPS) is 12.0. The summed E-state index contributed by atoms with van der Waals surface area (Å²) in [5.41, 5.74) is 3.10. The minimum atomic E-state index is 0.294. The zero-order chi connectivity index (χ0) is 6.62. The molecular formula is C5H13ClN2. The van der Waals surface area contributed by atoms with Gasteiger partial charge in [0.05, 0.1) is 0 Å². The first-order chi connectivity index (χ1) is 3.56. The molecule has 0 spiro atoms. The van der Waals surface area contributed by atoms with Crippen molar-refractivity contribution in [2.45, 2.75) is 20.8 Å². The van der Waals surface area contributed by atoms with Crippen LogP contribution in [0.4, 0.5) is 0 Å². The monoisotopic (exact) mass is 136 g/mol. The zero-order valence-electron chi connectivity index (χ0n) is 5.59. The molecule has 0 atom stereocenters. The largest absolute Gasteiger partial charge is 0.243 e. The second-order valence-electron chi connectivity index (χ2n) is 3.01. The van der Waals surface area contributed by atoms with Crippen LogP contribution >= 0.6 is 11.8 Å². The lowest BCUT2D eigenvalue weighted by molar-refractivity contribution is 0.374. The van der Waals surface area contributed by atoms with E-state index in [1.54, 1.807) is 0 Å². The third-order valence-corrected chi connectivity index (χ3v) is 0.819. The minimum Gasteiger partial charge on any atom is -0.243 e. The van der Waals surface area contributed by atoms with Crippen molar-refractivity contribution in [3.63, 3.8) is 0 Å². The van der Waals surface area contributed by atoms with E-state index in [-0.39, 0.29) is 0 Å². The van der Waals surface area contributed by atoms with Gasteiger partial charge in [-0.3, -0.25) is 0 Å². The standard InChI is InChI=1S/C5H13ClN2/c1-5(2,3)4-7-8-6/h7-8H,4H2,1-3H3. The maximum absolute atomic E-state index is 5.15. The molecule has 0 saturated carbocycles. The van der Waals surface area contributed by atoms with Crippen LogP contribution in [0.5, 0.6) is 0 Å². The SMILES string of the molecule is CC(C)(C)CNNCl. The Balaban J connectivity index is 3.11. The molecule has 2 nitrogen and oxygen atoms in total. The second-order valence-corrected chi connectivity index (χ2v) is 3.20. The molecule has 0 unspecified atom stereocenters. The number of hydrazine groups is 1. The summed E-state index contributed by atoms with van der Waals surface area (Å²) < 4.78 is 0. The molecule has 8 heavy (non-hydrogen) atoms. The Labute approximate surface area is 55.7 Å². The van der Waals surface area contributed by atoms with Gasteiger partial charge in [-0.05, 0) is 17.2 Å². The number of halogens is 1. The molecule has 0 saturated heterocycles. The maximum atomic E-state index is 5.15. The van der Waals surface area contributed by atoms with Crippen molar-refractivity contribution in [3.8, 4) is 0 Å². The van der Waals surface area contributed by atoms with Crippen LogP contribution in [0.2, 0.25) is 0 Å². The fraction of sp³-hybridized carbons (Fsp3) is 1.00. The highest BCUT2D eigenvalue weighted by Gasteiger charge is 2.07. The first kappa shape index (κ1) is 8.21. The molecule has 0 aliphatic rings. The summed E-state index contributed by atoms with van der Waals surface area (Å²) >= 11 is 5.15. The second kappa shape index (κ2) is 3.28. The zero-order valence-corrected chi connectivity index (χ0v) is 6.34. The summed E-state index contributed by atoms with van der Waals surface area (Å²) in [7, 11) is 0. The summed E-state index contributed by atoms with van der Waals surface area (Å²) in [6.07, 6.45) is 0. The first-order valence-corrected chi connectivity index (χ1v) is 3.02. The van der Waals surface area contributed by atoms with Gasteiger partial charge < -0.3 is 0 Å². The molecular weight excluding hydrogens is 124 g/mol. The molecule has 2 N–H and O–H groups in total. The minimum absolute atomic E-state index is 0.294. The Bertz CT molecular complexity index is 57.9. The van der Waals surface area contributed by atoms with Crippen LogP contribution in [0.1, 0.15) is 20.8 Å². The summed E-state index contributed by atoms with van der Waals surface area (Å²) in [5, 5.41) is 0. The third kappa shape index (κ3) is 6.21. The van der Waals surface area contributed by atoms with Gasteiger partial charge in [0, 0.05) is 6.54 Å². The van der Waals surface area contributed by atoms with Crippen molar-refractivity contribution in [3.05, 3.63) is 0 Å². The predicted molar refractivity (Wildman–Crippen MR) is 36.4 cm³/mol. The molecule has 0 amide bonds. The van der Waals surface area contributed by atoms with E-state index in [2.05, 4.69) is 31.1 Å². The van der Waals surface area contributed by atoms with E-state index in [1.165, 1.54) is 0 Å². The van der Waals surface area contributed by atoms with Crippen LogP contribution in [-0.2, 0) is 0 Å². The van der Waals surface area contributed by atoms with Gasteiger partial charge in [-0.1, -0.05) is 20.8 Å². The Morgan fingerprint density at radius 3 is 2.00 bits per heavy atom. The fourth-order valence-electron chi connectivity index (χ4n) is 0.299. The van der Waals surface area contributed by atoms with E-state index >= 15 is 0 Å². The summed E-state index contributed by atoms with van der Waals surface area (Å²) in [4.78, 5) is 2.35. The van der Waals surface area contributed by atoms with E-state index in [0.717, 1.165) is 6.54 Å². The van der Waals surface area contributed by atoms with Crippen molar-refractivity contribution in [1.82, 2.24) is 10.4 Å². The van der Waals surface area contributed by atoms with Crippen molar-refractivity contribution in [2.75, 3.05) is 6.54 Å². The Kier molecular flexibility index (Phi) is 3.36. The third-order valence-electron chi connectivity index (χ3n) is 0.686. The number of nitrogens with one attached hydrogen (secondary N) is 2. The number of rotatable bonds is 2.